The molecule has 7 heteroatoms. The average Bonchev–Trinajstić information content (AvgIpc) is 2.94. The number of esters is 1. The molecule has 0 saturated carbocycles. The van der Waals surface area contributed by atoms with E-state index in [4.69, 9.17) is 4.74 Å². The molecule has 40 heavy (non-hydrogen) atoms. The van der Waals surface area contributed by atoms with Crippen LogP contribution in [0.5, 0.6) is 0 Å². The molecule has 0 aliphatic heterocycles. The van der Waals surface area contributed by atoms with Crippen molar-refractivity contribution in [3.8, 4) is 0 Å². The highest BCUT2D eigenvalue weighted by molar-refractivity contribution is 5.76. The standard InChI is InChI=1S/C33H64N2O5/c1-3-5-6-7-8-9-10-11-12-13-15-18-21-25-31(37)34-28-30(36)29-35-32(38)26-22-19-16-14-17-20-23-27-40-33(39)24-4-2/h30,36H,3-29H2,1-2H3,(H,34,37)(H,35,38). The fourth-order valence-corrected chi connectivity index (χ4v) is 4.75. The van der Waals surface area contributed by atoms with Crippen LogP contribution < -0.4 is 10.6 Å². The molecule has 1 unspecified atom stereocenters. The van der Waals surface area contributed by atoms with E-state index in [2.05, 4.69) is 17.6 Å². The minimum absolute atomic E-state index is 0.0223. The molecular weight excluding hydrogens is 504 g/mol. The summed E-state index contributed by atoms with van der Waals surface area (Å²) in [5.74, 6) is -0.171. The van der Waals surface area contributed by atoms with Crippen molar-refractivity contribution in [2.24, 2.45) is 0 Å². The molecule has 236 valence electrons. The molecule has 0 radical (unpaired) electrons. The Labute approximate surface area is 246 Å². The Morgan fingerprint density at radius 3 is 1.30 bits per heavy atom. The summed E-state index contributed by atoms with van der Waals surface area (Å²) in [7, 11) is 0. The van der Waals surface area contributed by atoms with Gasteiger partial charge >= 0.3 is 5.97 Å². The van der Waals surface area contributed by atoms with Crippen molar-refractivity contribution >= 4 is 17.8 Å². The number of nitrogens with one attached hydrogen (secondary N) is 2. The maximum atomic E-state index is 12.0. The van der Waals surface area contributed by atoms with Gasteiger partial charge in [-0.15, -0.1) is 0 Å². The van der Waals surface area contributed by atoms with Crippen molar-refractivity contribution in [1.82, 2.24) is 10.6 Å². The fraction of sp³-hybridized carbons (Fsp3) is 0.909. The second kappa shape index (κ2) is 30.3. The van der Waals surface area contributed by atoms with E-state index < -0.39 is 6.10 Å². The van der Waals surface area contributed by atoms with Gasteiger partial charge in [0.25, 0.3) is 0 Å². The molecule has 0 rings (SSSR count). The Morgan fingerprint density at radius 2 is 0.900 bits per heavy atom. The SMILES string of the molecule is CCCCCCCCCCCCCCCC(=O)NCC(O)CNC(=O)CCCCCCCCCOC(=O)CCC. The molecule has 0 aromatic carbocycles. The van der Waals surface area contributed by atoms with Crippen LogP contribution in [0.15, 0.2) is 0 Å². The summed E-state index contributed by atoms with van der Waals surface area (Å²) in [6, 6.07) is 0. The Bertz CT molecular complexity index is 599. The maximum absolute atomic E-state index is 12.0. The molecule has 0 spiro atoms. The topological polar surface area (TPSA) is 105 Å². The molecule has 2 amide bonds. The summed E-state index contributed by atoms with van der Waals surface area (Å²) >= 11 is 0. The van der Waals surface area contributed by atoms with E-state index in [9.17, 15) is 19.5 Å². The molecular formula is C33H64N2O5. The van der Waals surface area contributed by atoms with Crippen LogP contribution in [-0.4, -0.2) is 48.7 Å². The molecule has 0 aliphatic carbocycles. The van der Waals surface area contributed by atoms with Crippen molar-refractivity contribution in [3.63, 3.8) is 0 Å². The summed E-state index contributed by atoms with van der Waals surface area (Å²) < 4.78 is 5.15. The van der Waals surface area contributed by atoms with Gasteiger partial charge in [-0.3, -0.25) is 14.4 Å². The molecule has 7 nitrogen and oxygen atoms in total. The Balaban J connectivity index is 3.43. The third kappa shape index (κ3) is 29.4. The van der Waals surface area contributed by atoms with Gasteiger partial charge in [0.2, 0.25) is 11.8 Å². The number of carbonyl (C=O) groups is 3. The zero-order valence-corrected chi connectivity index (χ0v) is 26.2. The van der Waals surface area contributed by atoms with Gasteiger partial charge in [0.05, 0.1) is 12.7 Å². The number of carbonyl (C=O) groups excluding carboxylic acids is 3. The van der Waals surface area contributed by atoms with Crippen LogP contribution in [0, 0.1) is 0 Å². The Kier molecular flexibility index (Phi) is 29.1. The van der Waals surface area contributed by atoms with E-state index in [0.717, 1.165) is 64.2 Å². The van der Waals surface area contributed by atoms with Gasteiger partial charge < -0.3 is 20.5 Å². The minimum Gasteiger partial charge on any atom is -0.466 e. The van der Waals surface area contributed by atoms with Gasteiger partial charge in [0.1, 0.15) is 0 Å². The van der Waals surface area contributed by atoms with Crippen molar-refractivity contribution in [2.45, 2.75) is 174 Å². The number of aliphatic hydroxyl groups is 1. The quantitative estimate of drug-likeness (QED) is 0.0614. The number of aliphatic hydroxyl groups excluding tert-OH is 1. The number of ether oxygens (including phenoxy) is 1. The molecule has 3 N–H and O–H groups in total. The first-order valence-corrected chi connectivity index (χ1v) is 16.9. The number of amides is 2. The second-order valence-electron chi connectivity index (χ2n) is 11.4. The summed E-state index contributed by atoms with van der Waals surface area (Å²) in [4.78, 5) is 35.3. The van der Waals surface area contributed by atoms with Gasteiger partial charge in [-0.2, -0.15) is 0 Å². The van der Waals surface area contributed by atoms with Gasteiger partial charge in [-0.05, 0) is 25.7 Å². The molecule has 0 aromatic heterocycles. The van der Waals surface area contributed by atoms with Gasteiger partial charge in [0, 0.05) is 32.4 Å². The molecule has 0 aromatic rings. The van der Waals surface area contributed by atoms with Crippen LogP contribution in [0.4, 0.5) is 0 Å². The number of hydrogen-bond donors (Lipinski definition) is 3. The predicted octanol–water partition coefficient (Wildman–Crippen LogP) is 7.53. The number of unbranched alkanes of at least 4 members (excludes halogenated alkanes) is 18. The molecule has 0 heterocycles. The van der Waals surface area contributed by atoms with Crippen molar-refractivity contribution in [2.75, 3.05) is 19.7 Å². The molecule has 1 atom stereocenters. The number of hydrogen-bond acceptors (Lipinski definition) is 5. The van der Waals surface area contributed by atoms with Crippen LogP contribution in [0.1, 0.15) is 168 Å². The Morgan fingerprint density at radius 1 is 0.525 bits per heavy atom. The lowest BCUT2D eigenvalue weighted by atomic mass is 10.0. The summed E-state index contributed by atoms with van der Waals surface area (Å²) in [6.45, 7) is 5.09. The predicted molar refractivity (Wildman–Crippen MR) is 165 cm³/mol. The van der Waals surface area contributed by atoms with E-state index in [1.54, 1.807) is 0 Å². The van der Waals surface area contributed by atoms with Crippen molar-refractivity contribution in [3.05, 3.63) is 0 Å². The molecule has 0 bridgehead atoms. The van der Waals surface area contributed by atoms with Crippen LogP contribution in [0.3, 0.4) is 0 Å². The summed E-state index contributed by atoms with van der Waals surface area (Å²) in [6.07, 6.45) is 25.4. The van der Waals surface area contributed by atoms with Crippen molar-refractivity contribution < 1.29 is 24.2 Å². The normalized spacial score (nSPS) is 11.8. The third-order valence-corrected chi connectivity index (χ3v) is 7.34. The zero-order chi connectivity index (χ0) is 29.5. The lowest BCUT2D eigenvalue weighted by Crippen LogP contribution is -2.39. The number of rotatable bonds is 30. The Hall–Kier alpha value is -1.63. The van der Waals surface area contributed by atoms with E-state index >= 15 is 0 Å². The van der Waals surface area contributed by atoms with E-state index in [1.807, 2.05) is 6.92 Å². The van der Waals surface area contributed by atoms with Gasteiger partial charge in [0.15, 0.2) is 0 Å². The molecule has 0 aliphatic rings. The highest BCUT2D eigenvalue weighted by Crippen LogP contribution is 2.13. The van der Waals surface area contributed by atoms with Crippen LogP contribution in [0.2, 0.25) is 0 Å². The average molecular weight is 569 g/mol. The van der Waals surface area contributed by atoms with Crippen LogP contribution in [-0.2, 0) is 19.1 Å². The second-order valence-corrected chi connectivity index (χ2v) is 11.4. The first-order valence-electron chi connectivity index (χ1n) is 16.9. The van der Waals surface area contributed by atoms with E-state index in [-0.39, 0.29) is 30.9 Å². The zero-order valence-electron chi connectivity index (χ0n) is 26.2. The smallest absolute Gasteiger partial charge is 0.305 e. The van der Waals surface area contributed by atoms with Gasteiger partial charge in [-0.1, -0.05) is 123 Å². The monoisotopic (exact) mass is 568 g/mol. The lowest BCUT2D eigenvalue weighted by Gasteiger charge is -2.13. The third-order valence-electron chi connectivity index (χ3n) is 7.34. The van der Waals surface area contributed by atoms with Gasteiger partial charge in [-0.25, -0.2) is 0 Å². The maximum Gasteiger partial charge on any atom is 0.305 e. The summed E-state index contributed by atoms with van der Waals surface area (Å²) in [5.41, 5.74) is 0. The van der Waals surface area contributed by atoms with E-state index in [0.29, 0.717) is 25.9 Å². The molecule has 0 fully saturated rings. The van der Waals surface area contributed by atoms with Crippen molar-refractivity contribution in [1.29, 1.82) is 0 Å². The van der Waals surface area contributed by atoms with E-state index in [1.165, 1.54) is 70.6 Å². The lowest BCUT2D eigenvalue weighted by molar-refractivity contribution is -0.143. The first kappa shape index (κ1) is 38.4. The first-order chi connectivity index (χ1) is 19.5. The van der Waals surface area contributed by atoms with Crippen LogP contribution >= 0.6 is 0 Å². The van der Waals surface area contributed by atoms with Crippen LogP contribution in [0.25, 0.3) is 0 Å². The summed E-state index contributed by atoms with van der Waals surface area (Å²) in [5, 5.41) is 15.6. The highest BCUT2D eigenvalue weighted by Gasteiger charge is 2.09. The fourth-order valence-electron chi connectivity index (χ4n) is 4.75. The molecule has 0 saturated heterocycles. The minimum atomic E-state index is -0.763. The largest absolute Gasteiger partial charge is 0.466 e. The highest BCUT2D eigenvalue weighted by atomic mass is 16.5.